The van der Waals surface area contributed by atoms with Gasteiger partial charge in [0.15, 0.2) is 0 Å². The van der Waals surface area contributed by atoms with Gasteiger partial charge >= 0.3 is 0 Å². The number of aromatic nitrogens is 4. The molecule has 1 aromatic carbocycles. The highest BCUT2D eigenvalue weighted by Gasteiger charge is 2.15. The highest BCUT2D eigenvalue weighted by Crippen LogP contribution is 2.24. The van der Waals surface area contributed by atoms with Crippen molar-refractivity contribution in [2.75, 3.05) is 11.9 Å². The number of amides is 1. The lowest BCUT2D eigenvalue weighted by molar-refractivity contribution is 0.0954. The Morgan fingerprint density at radius 3 is 2.75 bits per heavy atom. The van der Waals surface area contributed by atoms with Gasteiger partial charge in [-0.25, -0.2) is 15.0 Å². The number of rotatable bonds is 6. The second-order valence-corrected chi connectivity index (χ2v) is 6.27. The first kappa shape index (κ1) is 17.7. The number of benzene rings is 1. The van der Waals surface area contributed by atoms with Crippen LogP contribution in [0.1, 0.15) is 23.7 Å². The first-order valence-corrected chi connectivity index (χ1v) is 9.16. The van der Waals surface area contributed by atoms with E-state index in [1.54, 1.807) is 24.5 Å². The summed E-state index contributed by atoms with van der Waals surface area (Å²) >= 11 is 0. The van der Waals surface area contributed by atoms with Crippen LogP contribution in [-0.2, 0) is 0 Å². The van der Waals surface area contributed by atoms with Gasteiger partial charge in [-0.1, -0.05) is 37.3 Å². The third-order valence-corrected chi connectivity index (χ3v) is 4.28. The highest BCUT2D eigenvalue weighted by molar-refractivity contribution is 5.99. The van der Waals surface area contributed by atoms with Crippen molar-refractivity contribution < 1.29 is 4.79 Å². The standard InChI is InChI=1S/C21H20N6O/c1-2-10-24-20(28)16-9-6-11-23-19(16)26-21-25-17(15-7-4-3-5-8-15)14-18-22-12-13-27(18)21/h3-9,11-14H,2,10H2,1H3,(H,24,28)(H,23,25,26). The first-order valence-electron chi connectivity index (χ1n) is 9.16. The average molecular weight is 372 g/mol. The van der Waals surface area contributed by atoms with E-state index in [4.69, 9.17) is 4.98 Å². The molecule has 0 aliphatic heterocycles. The van der Waals surface area contributed by atoms with Crippen molar-refractivity contribution in [3.8, 4) is 11.3 Å². The van der Waals surface area contributed by atoms with Gasteiger partial charge in [0.2, 0.25) is 5.95 Å². The van der Waals surface area contributed by atoms with Crippen LogP contribution in [-0.4, -0.2) is 31.8 Å². The van der Waals surface area contributed by atoms with Crippen molar-refractivity contribution in [3.63, 3.8) is 0 Å². The normalized spacial score (nSPS) is 10.8. The van der Waals surface area contributed by atoms with Crippen LogP contribution < -0.4 is 10.6 Å². The van der Waals surface area contributed by atoms with Gasteiger partial charge in [-0.3, -0.25) is 9.20 Å². The summed E-state index contributed by atoms with van der Waals surface area (Å²) in [5.74, 6) is 0.819. The second-order valence-electron chi connectivity index (χ2n) is 6.27. The van der Waals surface area contributed by atoms with E-state index >= 15 is 0 Å². The van der Waals surface area contributed by atoms with Crippen molar-refractivity contribution in [2.24, 2.45) is 0 Å². The number of nitrogens with zero attached hydrogens (tertiary/aromatic N) is 4. The fourth-order valence-corrected chi connectivity index (χ4v) is 2.90. The Morgan fingerprint density at radius 2 is 1.93 bits per heavy atom. The van der Waals surface area contributed by atoms with E-state index in [-0.39, 0.29) is 5.91 Å². The number of pyridine rings is 1. The molecule has 0 aliphatic carbocycles. The van der Waals surface area contributed by atoms with Crippen molar-refractivity contribution in [1.29, 1.82) is 0 Å². The minimum absolute atomic E-state index is 0.168. The van der Waals surface area contributed by atoms with Crippen LogP contribution >= 0.6 is 0 Å². The summed E-state index contributed by atoms with van der Waals surface area (Å²) in [6.45, 7) is 2.62. The Morgan fingerprint density at radius 1 is 1.07 bits per heavy atom. The summed E-state index contributed by atoms with van der Waals surface area (Å²) in [5.41, 5.74) is 2.99. The first-order chi connectivity index (χ1) is 13.8. The monoisotopic (exact) mass is 372 g/mol. The molecule has 4 aromatic rings. The molecule has 0 radical (unpaired) electrons. The van der Waals surface area contributed by atoms with Crippen LogP contribution in [0.5, 0.6) is 0 Å². The Hall–Kier alpha value is -3.74. The molecule has 28 heavy (non-hydrogen) atoms. The number of imidazole rings is 1. The number of hydrogen-bond acceptors (Lipinski definition) is 5. The smallest absolute Gasteiger partial charge is 0.255 e. The van der Waals surface area contributed by atoms with Gasteiger partial charge in [0.1, 0.15) is 11.5 Å². The van der Waals surface area contributed by atoms with Gasteiger partial charge < -0.3 is 10.6 Å². The Labute approximate surface area is 162 Å². The molecule has 1 amide bonds. The quantitative estimate of drug-likeness (QED) is 0.539. The van der Waals surface area contributed by atoms with E-state index in [9.17, 15) is 4.79 Å². The maximum absolute atomic E-state index is 12.5. The molecule has 3 heterocycles. The molecule has 0 bridgehead atoms. The summed E-state index contributed by atoms with van der Waals surface area (Å²) < 4.78 is 1.83. The van der Waals surface area contributed by atoms with Crippen LogP contribution in [0.25, 0.3) is 16.9 Å². The van der Waals surface area contributed by atoms with Crippen LogP contribution in [0.15, 0.2) is 67.1 Å². The Balaban J connectivity index is 1.75. The Bertz CT molecular complexity index is 1110. The minimum Gasteiger partial charge on any atom is -0.352 e. The van der Waals surface area contributed by atoms with Crippen molar-refractivity contribution >= 4 is 23.3 Å². The fraction of sp³-hybridized carbons (Fsp3) is 0.143. The van der Waals surface area contributed by atoms with Gasteiger partial charge in [0.05, 0.1) is 11.3 Å². The molecular formula is C21H20N6O. The zero-order valence-electron chi connectivity index (χ0n) is 15.5. The summed E-state index contributed by atoms with van der Waals surface area (Å²) in [7, 11) is 0. The number of hydrogen-bond donors (Lipinski definition) is 2. The number of carbonyl (C=O) groups is 1. The van der Waals surface area contributed by atoms with Gasteiger partial charge in [-0.05, 0) is 18.6 Å². The topological polar surface area (TPSA) is 84.2 Å². The van der Waals surface area contributed by atoms with Crippen molar-refractivity contribution in [2.45, 2.75) is 13.3 Å². The van der Waals surface area contributed by atoms with E-state index in [2.05, 4.69) is 20.6 Å². The number of nitrogens with one attached hydrogen (secondary N) is 2. The van der Waals surface area contributed by atoms with E-state index in [0.29, 0.717) is 23.9 Å². The average Bonchev–Trinajstić information content (AvgIpc) is 3.22. The van der Waals surface area contributed by atoms with E-state index in [1.807, 2.05) is 53.9 Å². The Kier molecular flexibility index (Phi) is 4.97. The third kappa shape index (κ3) is 3.55. The molecule has 140 valence electrons. The van der Waals surface area contributed by atoms with Gasteiger partial charge in [0.25, 0.3) is 5.91 Å². The predicted molar refractivity (Wildman–Crippen MR) is 109 cm³/mol. The summed E-state index contributed by atoms with van der Waals surface area (Å²) in [4.78, 5) is 26.0. The maximum Gasteiger partial charge on any atom is 0.255 e. The van der Waals surface area contributed by atoms with Crippen LogP contribution in [0, 0.1) is 0 Å². The largest absolute Gasteiger partial charge is 0.352 e. The zero-order chi connectivity index (χ0) is 19.3. The van der Waals surface area contributed by atoms with Crippen molar-refractivity contribution in [3.05, 3.63) is 72.7 Å². The lowest BCUT2D eigenvalue weighted by Gasteiger charge is -2.13. The molecule has 0 atom stereocenters. The molecule has 0 fully saturated rings. The van der Waals surface area contributed by atoms with Crippen LogP contribution in [0.4, 0.5) is 11.8 Å². The summed E-state index contributed by atoms with van der Waals surface area (Å²) in [6, 6.07) is 15.3. The lowest BCUT2D eigenvalue weighted by atomic mass is 10.1. The molecule has 3 aromatic heterocycles. The highest BCUT2D eigenvalue weighted by atomic mass is 16.1. The molecule has 4 rings (SSSR count). The summed E-state index contributed by atoms with van der Waals surface area (Å²) in [5, 5.41) is 6.09. The maximum atomic E-state index is 12.5. The van der Waals surface area contributed by atoms with E-state index in [0.717, 1.165) is 23.3 Å². The second kappa shape index (κ2) is 7.87. The zero-order valence-corrected chi connectivity index (χ0v) is 15.5. The minimum atomic E-state index is -0.168. The van der Waals surface area contributed by atoms with Gasteiger partial charge in [-0.2, -0.15) is 0 Å². The van der Waals surface area contributed by atoms with Crippen molar-refractivity contribution in [1.82, 2.24) is 24.7 Å². The summed E-state index contributed by atoms with van der Waals surface area (Å²) in [6.07, 6.45) is 6.04. The molecule has 2 N–H and O–H groups in total. The molecule has 7 nitrogen and oxygen atoms in total. The molecule has 7 heteroatoms. The fourth-order valence-electron chi connectivity index (χ4n) is 2.90. The number of carbonyl (C=O) groups excluding carboxylic acids is 1. The van der Waals surface area contributed by atoms with Crippen LogP contribution in [0.3, 0.4) is 0 Å². The van der Waals surface area contributed by atoms with E-state index in [1.165, 1.54) is 0 Å². The molecule has 0 saturated carbocycles. The molecule has 0 saturated heterocycles. The van der Waals surface area contributed by atoms with Crippen LogP contribution in [0.2, 0.25) is 0 Å². The molecule has 0 aliphatic rings. The van der Waals surface area contributed by atoms with Gasteiger partial charge in [-0.15, -0.1) is 0 Å². The lowest BCUT2D eigenvalue weighted by Crippen LogP contribution is -2.25. The number of anilines is 2. The van der Waals surface area contributed by atoms with Gasteiger partial charge in [0, 0.05) is 36.8 Å². The molecule has 0 unspecified atom stereocenters. The third-order valence-electron chi connectivity index (χ3n) is 4.28. The molecule has 0 spiro atoms. The predicted octanol–water partition coefficient (Wildman–Crippen LogP) is 3.67. The SMILES string of the molecule is CCCNC(=O)c1cccnc1Nc1nc(-c2ccccc2)cc2nccn12. The number of fused-ring (bicyclic) bond motifs is 1. The molecular weight excluding hydrogens is 352 g/mol. The van der Waals surface area contributed by atoms with E-state index < -0.39 is 0 Å².